The number of nitrogens with zero attached hydrogens (tertiary/aromatic N) is 3. The molecule has 0 aliphatic carbocycles. The number of carbonyl (C=O) groups excluding carboxylic acids is 1. The summed E-state index contributed by atoms with van der Waals surface area (Å²) in [5.41, 5.74) is 1.33. The van der Waals surface area contributed by atoms with E-state index < -0.39 is 9.84 Å². The summed E-state index contributed by atoms with van der Waals surface area (Å²) in [4.78, 5) is 12.9. The maximum absolute atomic E-state index is 13.0. The van der Waals surface area contributed by atoms with Gasteiger partial charge in [-0.25, -0.2) is 8.42 Å². The number of ether oxygens (including phenoxy) is 1. The van der Waals surface area contributed by atoms with Crippen LogP contribution < -0.4 is 10.1 Å². The highest BCUT2D eigenvalue weighted by Crippen LogP contribution is 2.26. The Bertz CT molecular complexity index is 1640. The van der Waals surface area contributed by atoms with Crippen LogP contribution in [0.2, 0.25) is 0 Å². The largest absolute Gasteiger partial charge is 0.457 e. The number of nitrogens with one attached hydrogen (secondary N) is 1. The summed E-state index contributed by atoms with van der Waals surface area (Å²) >= 11 is 1.17. The average Bonchev–Trinajstić information content (AvgIpc) is 3.36. The maximum atomic E-state index is 13.0. The molecule has 0 aliphatic heterocycles. The predicted octanol–water partition coefficient (Wildman–Crippen LogP) is 5.76. The van der Waals surface area contributed by atoms with Crippen LogP contribution in [-0.4, -0.2) is 34.8 Å². The number of carbonyl (C=O) groups is 1. The van der Waals surface area contributed by atoms with Gasteiger partial charge in [-0.15, -0.1) is 10.2 Å². The van der Waals surface area contributed by atoms with E-state index in [2.05, 4.69) is 15.5 Å². The number of hydrogen-bond donors (Lipinski definition) is 1. The summed E-state index contributed by atoms with van der Waals surface area (Å²) in [5, 5.41) is 11.7. The van der Waals surface area contributed by atoms with Crippen molar-refractivity contribution < 1.29 is 17.9 Å². The summed E-state index contributed by atoms with van der Waals surface area (Å²) in [6, 6.07) is 34.0. The molecule has 5 aromatic rings. The van der Waals surface area contributed by atoms with Crippen LogP contribution in [0.1, 0.15) is 5.82 Å². The molecule has 196 valence electrons. The van der Waals surface area contributed by atoms with Gasteiger partial charge >= 0.3 is 0 Å². The highest BCUT2D eigenvalue weighted by Gasteiger charge is 2.23. The summed E-state index contributed by atoms with van der Waals surface area (Å²) < 4.78 is 33.5. The van der Waals surface area contributed by atoms with E-state index in [0.29, 0.717) is 22.3 Å². The number of hydrogen-bond acceptors (Lipinski definition) is 7. The zero-order chi connectivity index (χ0) is 27.1. The quantitative estimate of drug-likeness (QED) is 0.218. The molecule has 0 radical (unpaired) electrons. The van der Waals surface area contributed by atoms with E-state index in [1.54, 1.807) is 59.2 Å². The van der Waals surface area contributed by atoms with E-state index in [1.165, 1.54) is 11.8 Å². The standard InChI is InChI=1S/C29H24N4O4S2/c34-28(30-22-16-18-25(19-17-22)37-24-12-6-2-7-13-24)20-38-29-32-31-27(33(29)23-10-4-1-5-11-23)21-39(35,36)26-14-8-3-9-15-26/h1-19H,20-21H2,(H,30,34). The highest BCUT2D eigenvalue weighted by atomic mass is 32.2. The Morgan fingerprint density at radius 3 is 2.03 bits per heavy atom. The fraction of sp³-hybridized carbons (Fsp3) is 0.0690. The van der Waals surface area contributed by atoms with Crippen molar-refractivity contribution in [3.63, 3.8) is 0 Å². The Labute approximate surface area is 230 Å². The molecule has 0 spiro atoms. The lowest BCUT2D eigenvalue weighted by molar-refractivity contribution is -0.113. The lowest BCUT2D eigenvalue weighted by atomic mass is 10.3. The average molecular weight is 557 g/mol. The van der Waals surface area contributed by atoms with Gasteiger partial charge in [0.1, 0.15) is 17.3 Å². The lowest BCUT2D eigenvalue weighted by Crippen LogP contribution is -2.15. The topological polar surface area (TPSA) is 103 Å². The Morgan fingerprint density at radius 2 is 1.36 bits per heavy atom. The molecule has 4 aromatic carbocycles. The first kappa shape index (κ1) is 26.2. The summed E-state index contributed by atoms with van der Waals surface area (Å²) in [7, 11) is -3.65. The molecule has 0 aliphatic rings. The third-order valence-electron chi connectivity index (χ3n) is 5.59. The molecule has 0 saturated carbocycles. The Hall–Kier alpha value is -4.41. The molecule has 8 nitrogen and oxygen atoms in total. The first-order valence-corrected chi connectivity index (χ1v) is 14.6. The normalized spacial score (nSPS) is 11.2. The monoisotopic (exact) mass is 556 g/mol. The number of para-hydroxylation sites is 2. The van der Waals surface area contributed by atoms with E-state index in [1.807, 2.05) is 60.7 Å². The highest BCUT2D eigenvalue weighted by molar-refractivity contribution is 7.99. The summed E-state index contributed by atoms with van der Waals surface area (Å²) in [6.07, 6.45) is 0. The molecule has 0 bridgehead atoms. The lowest BCUT2D eigenvalue weighted by Gasteiger charge is -2.11. The van der Waals surface area contributed by atoms with Gasteiger partial charge in [0.05, 0.1) is 10.6 Å². The van der Waals surface area contributed by atoms with Crippen LogP contribution >= 0.6 is 11.8 Å². The van der Waals surface area contributed by atoms with Crippen LogP contribution in [0.25, 0.3) is 5.69 Å². The minimum Gasteiger partial charge on any atom is -0.457 e. The van der Waals surface area contributed by atoms with Gasteiger partial charge in [0.2, 0.25) is 5.91 Å². The van der Waals surface area contributed by atoms with Crippen molar-refractivity contribution in [1.29, 1.82) is 0 Å². The van der Waals surface area contributed by atoms with Crippen LogP contribution in [0, 0.1) is 0 Å². The summed E-state index contributed by atoms with van der Waals surface area (Å²) in [5.74, 6) is 1.13. The van der Waals surface area contributed by atoms with E-state index in [-0.39, 0.29) is 28.1 Å². The second-order valence-electron chi connectivity index (χ2n) is 8.42. The number of benzene rings is 4. The van der Waals surface area contributed by atoms with Gasteiger partial charge in [-0.2, -0.15) is 0 Å². The van der Waals surface area contributed by atoms with Crippen molar-refractivity contribution in [3.05, 3.63) is 121 Å². The third kappa shape index (κ3) is 6.73. The van der Waals surface area contributed by atoms with E-state index in [0.717, 1.165) is 5.75 Å². The smallest absolute Gasteiger partial charge is 0.234 e. The van der Waals surface area contributed by atoms with Crippen LogP contribution in [0.5, 0.6) is 11.5 Å². The minimum atomic E-state index is -3.65. The molecule has 1 heterocycles. The summed E-state index contributed by atoms with van der Waals surface area (Å²) in [6.45, 7) is 0. The van der Waals surface area contributed by atoms with Gasteiger partial charge < -0.3 is 10.1 Å². The van der Waals surface area contributed by atoms with Gasteiger partial charge in [0.15, 0.2) is 20.8 Å². The molecule has 5 rings (SSSR count). The van der Waals surface area contributed by atoms with Crippen LogP contribution in [0.4, 0.5) is 5.69 Å². The number of aromatic nitrogens is 3. The van der Waals surface area contributed by atoms with Crippen molar-refractivity contribution >= 4 is 33.2 Å². The fourth-order valence-corrected chi connectivity index (χ4v) is 5.80. The van der Waals surface area contributed by atoms with Gasteiger partial charge in [-0.3, -0.25) is 9.36 Å². The molecular formula is C29H24N4O4S2. The van der Waals surface area contributed by atoms with Crippen molar-refractivity contribution in [1.82, 2.24) is 14.8 Å². The fourth-order valence-electron chi connectivity index (χ4n) is 3.76. The maximum Gasteiger partial charge on any atom is 0.234 e. The first-order chi connectivity index (χ1) is 19.0. The van der Waals surface area contributed by atoms with Gasteiger partial charge in [0, 0.05) is 11.4 Å². The molecule has 1 amide bonds. The Morgan fingerprint density at radius 1 is 0.769 bits per heavy atom. The van der Waals surface area contributed by atoms with Crippen LogP contribution in [0.15, 0.2) is 125 Å². The van der Waals surface area contributed by atoms with Gasteiger partial charge in [0.25, 0.3) is 0 Å². The molecule has 1 N–H and O–H groups in total. The molecule has 0 fully saturated rings. The predicted molar refractivity (Wildman–Crippen MR) is 151 cm³/mol. The molecule has 0 atom stereocenters. The Balaban J connectivity index is 1.27. The second kappa shape index (κ2) is 12.0. The van der Waals surface area contributed by atoms with Gasteiger partial charge in [-0.1, -0.05) is 66.4 Å². The first-order valence-electron chi connectivity index (χ1n) is 12.0. The molecule has 0 unspecified atom stereocenters. The Kier molecular flexibility index (Phi) is 8.04. The van der Waals surface area contributed by atoms with Gasteiger partial charge in [-0.05, 0) is 60.7 Å². The molecule has 10 heteroatoms. The number of thioether (sulfide) groups is 1. The van der Waals surface area contributed by atoms with Crippen molar-refractivity contribution in [2.75, 3.05) is 11.1 Å². The van der Waals surface area contributed by atoms with Crippen molar-refractivity contribution in [2.45, 2.75) is 15.8 Å². The third-order valence-corrected chi connectivity index (χ3v) is 8.14. The minimum absolute atomic E-state index is 0.0542. The molecule has 39 heavy (non-hydrogen) atoms. The zero-order valence-corrected chi connectivity index (χ0v) is 22.3. The number of amides is 1. The number of anilines is 1. The molecule has 1 aromatic heterocycles. The molecule has 0 saturated heterocycles. The zero-order valence-electron chi connectivity index (χ0n) is 20.7. The number of sulfone groups is 1. The van der Waals surface area contributed by atoms with E-state index in [9.17, 15) is 13.2 Å². The van der Waals surface area contributed by atoms with Crippen LogP contribution in [-0.2, 0) is 20.4 Å². The van der Waals surface area contributed by atoms with E-state index >= 15 is 0 Å². The second-order valence-corrected chi connectivity index (χ2v) is 11.4. The van der Waals surface area contributed by atoms with Crippen molar-refractivity contribution in [3.8, 4) is 17.2 Å². The van der Waals surface area contributed by atoms with Crippen molar-refractivity contribution in [2.24, 2.45) is 0 Å². The SMILES string of the molecule is O=C(CSc1nnc(CS(=O)(=O)c2ccccc2)n1-c1ccccc1)Nc1ccc(Oc2ccccc2)cc1. The number of rotatable bonds is 10. The molecular weight excluding hydrogens is 532 g/mol. The van der Waals surface area contributed by atoms with Crippen LogP contribution in [0.3, 0.4) is 0 Å². The van der Waals surface area contributed by atoms with E-state index in [4.69, 9.17) is 4.74 Å².